The maximum atomic E-state index is 16.6. The Labute approximate surface area is 251 Å². The van der Waals surface area contributed by atoms with Crippen LogP contribution in [0.1, 0.15) is 47.8 Å². The molecule has 0 amide bonds. The van der Waals surface area contributed by atoms with E-state index in [2.05, 4.69) is 20.0 Å². The van der Waals surface area contributed by atoms with E-state index in [9.17, 15) is 14.5 Å². The van der Waals surface area contributed by atoms with Gasteiger partial charge in [-0.15, -0.1) is 0 Å². The molecule has 3 aromatic rings. The number of fused-ring (bicyclic) bond motifs is 2. The number of para-hydroxylation sites is 1. The molecule has 5 rings (SSSR count). The first-order chi connectivity index (χ1) is 20.5. The van der Waals surface area contributed by atoms with Gasteiger partial charge in [-0.2, -0.15) is 15.1 Å². The fourth-order valence-electron chi connectivity index (χ4n) is 4.89. The summed E-state index contributed by atoms with van der Waals surface area (Å²) in [6.45, 7) is 9.77. The van der Waals surface area contributed by atoms with Crippen molar-refractivity contribution >= 4 is 30.8 Å². The highest BCUT2D eigenvalue weighted by atomic mass is 31.2. The number of benzene rings is 1. The number of halogens is 2. The van der Waals surface area contributed by atoms with Crippen LogP contribution in [0.2, 0.25) is 0 Å². The summed E-state index contributed by atoms with van der Waals surface area (Å²) in [6.07, 6.45) is -2.85. The number of carbonyl (C=O) groups is 1. The minimum Gasteiger partial charge on any atom is -0.476 e. The van der Waals surface area contributed by atoms with Gasteiger partial charge in [-0.05, 0) is 38.3 Å². The predicted octanol–water partition coefficient (Wildman–Crippen LogP) is 3.61. The van der Waals surface area contributed by atoms with Gasteiger partial charge in [0.15, 0.2) is 34.8 Å². The maximum Gasteiger partial charge on any atom is 0.460 e. The number of aromatic nitrogens is 4. The highest BCUT2D eigenvalue weighted by molar-refractivity contribution is 7.52. The zero-order valence-electron chi connectivity index (χ0n) is 25.0. The van der Waals surface area contributed by atoms with Gasteiger partial charge in [0, 0.05) is 0 Å². The first-order valence-corrected chi connectivity index (χ1v) is 15.4. The number of nitrogens with zero attached hydrogens (tertiary/aromatic N) is 4. The van der Waals surface area contributed by atoms with Gasteiger partial charge in [0.1, 0.15) is 11.8 Å². The van der Waals surface area contributed by atoms with Gasteiger partial charge >= 0.3 is 13.7 Å². The molecule has 0 bridgehead atoms. The van der Waals surface area contributed by atoms with Crippen LogP contribution in [0.5, 0.6) is 11.6 Å². The lowest BCUT2D eigenvalue weighted by atomic mass is 9.97. The van der Waals surface area contributed by atoms with Gasteiger partial charge in [0.05, 0.1) is 19.5 Å². The average Bonchev–Trinajstić information content (AvgIpc) is 3.17. The summed E-state index contributed by atoms with van der Waals surface area (Å²) in [6, 6.07) is 6.42. The molecule has 2 fully saturated rings. The van der Waals surface area contributed by atoms with E-state index in [1.165, 1.54) is 19.1 Å². The summed E-state index contributed by atoms with van der Waals surface area (Å²) in [4.78, 5) is 24.8. The van der Waals surface area contributed by atoms with E-state index in [0.29, 0.717) is 0 Å². The summed E-state index contributed by atoms with van der Waals surface area (Å²) in [5.74, 6) is -4.17. The number of rotatable bonds is 11. The molecule has 14 nitrogen and oxygen atoms in total. The molecule has 240 valence electrons. The normalized spacial score (nSPS) is 29.9. The van der Waals surface area contributed by atoms with Crippen LogP contribution in [0.25, 0.3) is 11.2 Å². The summed E-state index contributed by atoms with van der Waals surface area (Å²) in [5, 5.41) is 13.8. The zero-order chi connectivity index (χ0) is 32.3. The fourth-order valence-corrected chi connectivity index (χ4v) is 6.59. The van der Waals surface area contributed by atoms with E-state index in [1.54, 1.807) is 25.1 Å². The van der Waals surface area contributed by atoms with Crippen molar-refractivity contribution < 1.29 is 46.5 Å². The van der Waals surface area contributed by atoms with Crippen molar-refractivity contribution in [3.63, 3.8) is 0 Å². The Morgan fingerprint density at radius 2 is 1.95 bits per heavy atom. The third kappa shape index (κ3) is 5.38. The number of nitrogens with one attached hydrogen (secondary N) is 1. The maximum absolute atomic E-state index is 16.6. The van der Waals surface area contributed by atoms with Crippen LogP contribution in [0.3, 0.4) is 0 Å². The number of nitrogen functional groups attached to an aromatic ring is 1. The molecule has 7 atom stereocenters. The molecule has 1 aliphatic carbocycles. The molecule has 44 heavy (non-hydrogen) atoms. The number of hydrogen-bond donors (Lipinski definition) is 3. The van der Waals surface area contributed by atoms with Gasteiger partial charge < -0.3 is 29.6 Å². The van der Waals surface area contributed by atoms with E-state index >= 15 is 8.78 Å². The van der Waals surface area contributed by atoms with Crippen LogP contribution in [0, 0.1) is 5.41 Å². The highest BCUT2D eigenvalue weighted by Gasteiger charge is 2.96. The Morgan fingerprint density at radius 1 is 1.27 bits per heavy atom. The Morgan fingerprint density at radius 3 is 2.55 bits per heavy atom. The lowest BCUT2D eigenvalue weighted by molar-refractivity contribution is -0.156. The van der Waals surface area contributed by atoms with Gasteiger partial charge in [-0.3, -0.25) is 13.9 Å². The van der Waals surface area contributed by atoms with E-state index in [1.807, 2.05) is 20.8 Å². The van der Waals surface area contributed by atoms with Crippen molar-refractivity contribution in [2.24, 2.45) is 5.41 Å². The van der Waals surface area contributed by atoms with Crippen molar-refractivity contribution in [1.29, 1.82) is 0 Å². The molecule has 0 spiro atoms. The van der Waals surface area contributed by atoms with Crippen molar-refractivity contribution in [2.75, 3.05) is 18.9 Å². The second kappa shape index (κ2) is 10.9. The molecule has 17 heteroatoms. The molecular formula is C27H35F2N6O8P. The molecule has 1 saturated carbocycles. The van der Waals surface area contributed by atoms with Crippen LogP contribution in [0.15, 0.2) is 36.7 Å². The largest absolute Gasteiger partial charge is 0.476 e. The standard InChI is InChI=1S/C27H35F2N6O8P/c1-7-39-19-17-18(32-23(30)33-19)35(14-31-17)22-25(6,28)26(37)21(27(26,29)41-22)43-44(38,42-16-11-9-8-10-12-16)34-15(2)20(36)40-13-24(3,4)5/h8-12,14-15,21-22,37H,7,13H2,1-6H3,(H,34,38)(H2,30,32,33)/t15?,21?,22-,25+,26+,27-,44?/m1/s1. The molecule has 3 heterocycles. The number of carbonyl (C=O) groups excluding carboxylic acids is 1. The molecule has 1 saturated heterocycles. The van der Waals surface area contributed by atoms with Crippen LogP contribution in [-0.4, -0.2) is 73.1 Å². The average molecular weight is 641 g/mol. The van der Waals surface area contributed by atoms with Gasteiger partial charge in [-0.1, -0.05) is 39.0 Å². The number of nitrogens with two attached hydrogens (primary N) is 1. The third-order valence-electron chi connectivity index (χ3n) is 7.15. The van der Waals surface area contributed by atoms with Crippen LogP contribution < -0.4 is 20.1 Å². The molecular weight excluding hydrogens is 605 g/mol. The highest BCUT2D eigenvalue weighted by Crippen LogP contribution is 2.73. The van der Waals surface area contributed by atoms with E-state index < -0.39 is 49.2 Å². The molecule has 3 unspecified atom stereocenters. The first-order valence-electron chi connectivity index (χ1n) is 13.8. The van der Waals surface area contributed by atoms with Crippen molar-refractivity contribution in [1.82, 2.24) is 24.6 Å². The van der Waals surface area contributed by atoms with Crippen molar-refractivity contribution in [3.05, 3.63) is 36.7 Å². The van der Waals surface area contributed by atoms with E-state index in [0.717, 1.165) is 17.8 Å². The Balaban J connectivity index is 1.42. The van der Waals surface area contributed by atoms with Crippen LogP contribution >= 0.6 is 7.75 Å². The van der Waals surface area contributed by atoms with Crippen molar-refractivity contribution in [3.8, 4) is 11.6 Å². The number of hydrogen-bond acceptors (Lipinski definition) is 12. The molecule has 2 aliphatic rings. The lowest BCUT2D eigenvalue weighted by Crippen LogP contribution is -2.45. The Kier molecular flexibility index (Phi) is 7.90. The number of imidazole rings is 1. The Hall–Kier alpha value is -3.43. The number of ether oxygens (including phenoxy) is 3. The molecule has 1 aliphatic heterocycles. The van der Waals surface area contributed by atoms with Gasteiger partial charge in [0.2, 0.25) is 11.8 Å². The molecule has 2 aromatic heterocycles. The second-order valence-corrected chi connectivity index (χ2v) is 13.7. The van der Waals surface area contributed by atoms with E-state index in [-0.39, 0.29) is 47.4 Å². The van der Waals surface area contributed by atoms with E-state index in [4.69, 9.17) is 29.0 Å². The summed E-state index contributed by atoms with van der Waals surface area (Å²) >= 11 is 0. The summed E-state index contributed by atoms with van der Waals surface area (Å²) < 4.78 is 75.1. The minimum atomic E-state index is -4.71. The smallest absolute Gasteiger partial charge is 0.460 e. The number of alkyl halides is 2. The fraction of sp³-hybridized carbons (Fsp3) is 0.556. The second-order valence-electron chi connectivity index (χ2n) is 12.0. The zero-order valence-corrected chi connectivity index (χ0v) is 25.9. The SMILES string of the molecule is CCOc1nc(N)nc2c1ncn2[C@@H]1O[C@]2(F)C(OP(=O)(NC(C)C(=O)OCC(C)(C)C)Oc3ccccc3)[C@]2(O)[C@@]1(C)F. The monoisotopic (exact) mass is 640 g/mol. The molecule has 4 N–H and O–H groups in total. The number of esters is 1. The lowest BCUT2D eigenvalue weighted by Gasteiger charge is -2.31. The summed E-state index contributed by atoms with van der Waals surface area (Å²) in [5.41, 5.74) is -0.395. The third-order valence-corrected chi connectivity index (χ3v) is 8.79. The minimum absolute atomic E-state index is 0.0209. The van der Waals surface area contributed by atoms with Crippen LogP contribution in [0.4, 0.5) is 14.7 Å². The van der Waals surface area contributed by atoms with Gasteiger partial charge in [0.25, 0.3) is 5.85 Å². The quantitative estimate of drug-likeness (QED) is 0.204. The number of anilines is 1. The van der Waals surface area contributed by atoms with Gasteiger partial charge in [-0.25, -0.2) is 18.3 Å². The predicted molar refractivity (Wildman–Crippen MR) is 152 cm³/mol. The van der Waals surface area contributed by atoms with Crippen LogP contribution in [-0.2, 0) is 23.4 Å². The topological polar surface area (TPSA) is 182 Å². The summed E-state index contributed by atoms with van der Waals surface area (Å²) in [7, 11) is -4.71. The first kappa shape index (κ1) is 32.0. The molecule has 1 aromatic carbocycles. The number of aliphatic hydroxyl groups is 1. The Bertz CT molecular complexity index is 1600. The van der Waals surface area contributed by atoms with Crippen molar-refractivity contribution in [2.45, 2.75) is 77.0 Å². The molecule has 0 radical (unpaired) electrons.